The van der Waals surface area contributed by atoms with Crippen LogP contribution in [-0.2, 0) is 9.53 Å². The van der Waals surface area contributed by atoms with Crippen LogP contribution in [0.4, 0.5) is 4.39 Å². The molecular formula is C13H15FO3S. The van der Waals surface area contributed by atoms with E-state index in [9.17, 15) is 14.0 Å². The second kappa shape index (κ2) is 7.87. The number of esters is 1. The summed E-state index contributed by atoms with van der Waals surface area (Å²) < 4.78 is 17.1. The molecule has 0 fully saturated rings. The fraction of sp³-hybridized carbons (Fsp3) is 0.385. The van der Waals surface area contributed by atoms with Crippen molar-refractivity contribution in [2.45, 2.75) is 12.8 Å². The largest absolute Gasteiger partial charge is 0.468 e. The molecular weight excluding hydrogens is 255 g/mol. The fourth-order valence-corrected chi connectivity index (χ4v) is 2.11. The quantitative estimate of drug-likeness (QED) is 0.434. The van der Waals surface area contributed by atoms with E-state index in [0.717, 1.165) is 5.75 Å². The normalized spacial score (nSPS) is 10.1. The van der Waals surface area contributed by atoms with E-state index in [1.54, 1.807) is 0 Å². The lowest BCUT2D eigenvalue weighted by molar-refractivity contribution is -0.137. The molecule has 0 heterocycles. The third-order valence-electron chi connectivity index (χ3n) is 2.31. The molecule has 1 aromatic rings. The van der Waals surface area contributed by atoms with Gasteiger partial charge in [0, 0.05) is 12.0 Å². The lowest BCUT2D eigenvalue weighted by Gasteiger charge is -2.01. The first kappa shape index (κ1) is 14.7. The number of ether oxygens (including phenoxy) is 1. The van der Waals surface area contributed by atoms with E-state index in [-0.39, 0.29) is 17.6 Å². The molecule has 0 atom stereocenters. The Hall–Kier alpha value is -1.36. The van der Waals surface area contributed by atoms with E-state index < -0.39 is 0 Å². The summed E-state index contributed by atoms with van der Waals surface area (Å²) in [5.74, 6) is 0.419. The minimum atomic E-state index is -0.347. The summed E-state index contributed by atoms with van der Waals surface area (Å²) in [4.78, 5) is 22.5. The number of benzene rings is 1. The third-order valence-corrected chi connectivity index (χ3v) is 3.32. The molecule has 1 aromatic carbocycles. The lowest BCUT2D eigenvalue weighted by Crippen LogP contribution is -2.04. The Morgan fingerprint density at radius 2 is 1.94 bits per heavy atom. The standard InChI is InChI=1S/C13H15FO3S/c1-17-13(16)9-18-8-2-3-12(15)10-4-6-11(14)7-5-10/h4-7H,2-3,8-9H2,1H3. The van der Waals surface area contributed by atoms with Crippen molar-refractivity contribution in [3.05, 3.63) is 35.6 Å². The zero-order valence-corrected chi connectivity index (χ0v) is 11.0. The van der Waals surface area contributed by atoms with Crippen molar-refractivity contribution in [2.75, 3.05) is 18.6 Å². The molecule has 0 saturated heterocycles. The molecule has 18 heavy (non-hydrogen) atoms. The van der Waals surface area contributed by atoms with Crippen LogP contribution in [0, 0.1) is 5.82 Å². The zero-order chi connectivity index (χ0) is 13.4. The number of carbonyl (C=O) groups is 2. The third kappa shape index (κ3) is 5.31. The molecule has 0 bridgehead atoms. The van der Waals surface area contributed by atoms with E-state index in [1.807, 2.05) is 0 Å². The maximum absolute atomic E-state index is 12.7. The van der Waals surface area contributed by atoms with E-state index in [2.05, 4.69) is 4.74 Å². The monoisotopic (exact) mass is 270 g/mol. The highest BCUT2D eigenvalue weighted by atomic mass is 32.2. The van der Waals surface area contributed by atoms with Gasteiger partial charge in [-0.15, -0.1) is 0 Å². The van der Waals surface area contributed by atoms with Gasteiger partial charge in [0.05, 0.1) is 12.9 Å². The smallest absolute Gasteiger partial charge is 0.315 e. The van der Waals surface area contributed by atoms with E-state index in [1.165, 1.54) is 43.1 Å². The number of Topliss-reactive ketones (excluding diaryl/α,β-unsaturated/α-hetero) is 1. The molecule has 0 unspecified atom stereocenters. The molecule has 0 N–H and O–H groups in total. The topological polar surface area (TPSA) is 43.4 Å². The van der Waals surface area contributed by atoms with Gasteiger partial charge in [-0.1, -0.05) is 0 Å². The summed E-state index contributed by atoms with van der Waals surface area (Å²) in [6, 6.07) is 5.52. The van der Waals surface area contributed by atoms with Gasteiger partial charge >= 0.3 is 5.97 Å². The molecule has 3 nitrogen and oxygen atoms in total. The average Bonchev–Trinajstić information content (AvgIpc) is 2.38. The summed E-state index contributed by atoms with van der Waals surface area (Å²) in [6.07, 6.45) is 1.09. The van der Waals surface area contributed by atoms with Gasteiger partial charge in [-0.2, -0.15) is 11.8 Å². The molecule has 98 valence electrons. The molecule has 0 aliphatic carbocycles. The number of ketones is 1. The average molecular weight is 270 g/mol. The van der Waals surface area contributed by atoms with Gasteiger partial charge < -0.3 is 4.74 Å². The van der Waals surface area contributed by atoms with Gasteiger partial charge in [-0.25, -0.2) is 4.39 Å². The molecule has 1 rings (SSSR count). The van der Waals surface area contributed by atoms with Crippen LogP contribution in [0.15, 0.2) is 24.3 Å². The van der Waals surface area contributed by atoms with Crippen LogP contribution >= 0.6 is 11.8 Å². The molecule has 0 saturated carbocycles. The van der Waals surface area contributed by atoms with Crippen LogP contribution in [0.1, 0.15) is 23.2 Å². The van der Waals surface area contributed by atoms with Crippen molar-refractivity contribution in [2.24, 2.45) is 0 Å². The molecule has 0 aromatic heterocycles. The number of carbonyl (C=O) groups excluding carboxylic acids is 2. The lowest BCUT2D eigenvalue weighted by atomic mass is 10.1. The van der Waals surface area contributed by atoms with Crippen molar-refractivity contribution in [1.82, 2.24) is 0 Å². The van der Waals surface area contributed by atoms with Gasteiger partial charge in [-0.05, 0) is 36.4 Å². The maximum atomic E-state index is 12.7. The van der Waals surface area contributed by atoms with Gasteiger partial charge in [0.1, 0.15) is 5.82 Å². The fourth-order valence-electron chi connectivity index (χ4n) is 1.33. The van der Waals surface area contributed by atoms with E-state index in [4.69, 9.17) is 0 Å². The highest BCUT2D eigenvalue weighted by Gasteiger charge is 2.06. The van der Waals surface area contributed by atoms with Gasteiger partial charge in [0.15, 0.2) is 5.78 Å². The Morgan fingerprint density at radius 3 is 2.56 bits per heavy atom. The van der Waals surface area contributed by atoms with Crippen molar-refractivity contribution in [3.63, 3.8) is 0 Å². The van der Waals surface area contributed by atoms with Gasteiger partial charge in [0.2, 0.25) is 0 Å². The summed E-state index contributed by atoms with van der Waals surface area (Å²) >= 11 is 1.44. The van der Waals surface area contributed by atoms with Crippen molar-refractivity contribution >= 4 is 23.5 Å². The predicted octanol–water partition coefficient (Wildman–Crippen LogP) is 2.69. The second-order valence-corrected chi connectivity index (χ2v) is 4.77. The summed E-state index contributed by atoms with van der Waals surface area (Å²) in [5, 5.41) is 0. The van der Waals surface area contributed by atoms with Crippen molar-refractivity contribution in [3.8, 4) is 0 Å². The van der Waals surface area contributed by atoms with Gasteiger partial charge in [0.25, 0.3) is 0 Å². The highest BCUT2D eigenvalue weighted by molar-refractivity contribution is 7.99. The van der Waals surface area contributed by atoms with Crippen molar-refractivity contribution < 1.29 is 18.7 Å². The molecule has 0 amide bonds. The molecule has 0 aliphatic heterocycles. The van der Waals surface area contributed by atoms with Crippen molar-refractivity contribution in [1.29, 1.82) is 0 Å². The van der Waals surface area contributed by atoms with Crippen LogP contribution in [0.2, 0.25) is 0 Å². The Labute approximate surface area is 110 Å². The molecule has 0 aliphatic rings. The van der Waals surface area contributed by atoms with Crippen LogP contribution in [-0.4, -0.2) is 30.4 Å². The van der Waals surface area contributed by atoms with E-state index in [0.29, 0.717) is 24.2 Å². The minimum Gasteiger partial charge on any atom is -0.468 e. The van der Waals surface area contributed by atoms with Crippen LogP contribution in [0.25, 0.3) is 0 Å². The Morgan fingerprint density at radius 1 is 1.28 bits per heavy atom. The maximum Gasteiger partial charge on any atom is 0.315 e. The number of hydrogen-bond donors (Lipinski definition) is 0. The Kier molecular flexibility index (Phi) is 6.43. The number of rotatable bonds is 7. The second-order valence-electron chi connectivity index (χ2n) is 3.66. The van der Waals surface area contributed by atoms with E-state index >= 15 is 0 Å². The minimum absolute atomic E-state index is 0.00586. The first-order valence-electron chi connectivity index (χ1n) is 5.57. The molecule has 0 spiro atoms. The number of thioether (sulfide) groups is 1. The summed E-state index contributed by atoms with van der Waals surface area (Å²) in [6.45, 7) is 0. The Balaban J connectivity index is 2.21. The first-order valence-corrected chi connectivity index (χ1v) is 6.72. The van der Waals surface area contributed by atoms with Gasteiger partial charge in [-0.3, -0.25) is 9.59 Å². The van der Waals surface area contributed by atoms with Crippen LogP contribution < -0.4 is 0 Å². The predicted molar refractivity (Wildman–Crippen MR) is 69.3 cm³/mol. The SMILES string of the molecule is COC(=O)CSCCCC(=O)c1ccc(F)cc1. The molecule has 0 radical (unpaired) electrons. The number of hydrogen-bond acceptors (Lipinski definition) is 4. The Bertz CT molecular complexity index is 403. The van der Waals surface area contributed by atoms with Crippen LogP contribution in [0.5, 0.6) is 0 Å². The van der Waals surface area contributed by atoms with Crippen LogP contribution in [0.3, 0.4) is 0 Å². The zero-order valence-electron chi connectivity index (χ0n) is 10.1. The molecule has 5 heteroatoms. The highest BCUT2D eigenvalue weighted by Crippen LogP contribution is 2.10. The summed E-state index contributed by atoms with van der Waals surface area (Å²) in [7, 11) is 1.35. The first-order chi connectivity index (χ1) is 8.63. The summed E-state index contributed by atoms with van der Waals surface area (Å²) in [5.41, 5.74) is 0.523. The number of halogens is 1. The number of methoxy groups -OCH3 is 1.